The first-order chi connectivity index (χ1) is 13.7. The highest BCUT2D eigenvalue weighted by Gasteiger charge is 2.12. The van der Waals surface area contributed by atoms with Crippen molar-refractivity contribution < 1.29 is 9.53 Å². The van der Waals surface area contributed by atoms with Gasteiger partial charge in [-0.3, -0.25) is 9.78 Å². The van der Waals surface area contributed by atoms with E-state index in [0.717, 1.165) is 17.0 Å². The number of hydrogen-bond acceptors (Lipinski definition) is 5. The third kappa shape index (κ3) is 4.24. The zero-order chi connectivity index (χ0) is 19.3. The molecule has 2 aromatic heterocycles. The maximum absolute atomic E-state index is 12.5. The first-order valence-electron chi connectivity index (χ1n) is 8.69. The second kappa shape index (κ2) is 8.02. The van der Waals surface area contributed by atoms with Crippen LogP contribution in [0, 0.1) is 6.92 Å². The standard InChI is InChI=1S/C22H17N3O2S/c1-15-4-8-18(9-5-15)27-19-10-6-17(7-11-19)24-21(26)22-25-20(14-28-22)16-3-2-12-23-13-16/h2-14H,1H3,(H,24,26). The minimum absolute atomic E-state index is 0.243. The summed E-state index contributed by atoms with van der Waals surface area (Å²) in [5.41, 5.74) is 3.49. The number of amides is 1. The summed E-state index contributed by atoms with van der Waals surface area (Å²) in [4.78, 5) is 20.9. The summed E-state index contributed by atoms with van der Waals surface area (Å²) in [6.07, 6.45) is 3.43. The first kappa shape index (κ1) is 17.9. The van der Waals surface area contributed by atoms with Gasteiger partial charge >= 0.3 is 0 Å². The number of rotatable bonds is 5. The van der Waals surface area contributed by atoms with Gasteiger partial charge in [-0.25, -0.2) is 4.98 Å². The molecular formula is C22H17N3O2S. The van der Waals surface area contributed by atoms with Crippen molar-refractivity contribution in [3.8, 4) is 22.8 Å². The number of nitrogens with one attached hydrogen (secondary N) is 1. The number of carbonyl (C=O) groups excluding carboxylic acids is 1. The number of benzene rings is 2. The summed E-state index contributed by atoms with van der Waals surface area (Å²) in [5.74, 6) is 1.23. The van der Waals surface area contributed by atoms with E-state index in [1.54, 1.807) is 24.5 Å². The molecule has 0 radical (unpaired) electrons. The second-order valence-corrected chi connectivity index (χ2v) is 7.03. The van der Waals surface area contributed by atoms with Crippen LogP contribution in [-0.4, -0.2) is 15.9 Å². The smallest absolute Gasteiger partial charge is 0.284 e. The lowest BCUT2D eigenvalue weighted by Crippen LogP contribution is -2.11. The van der Waals surface area contributed by atoms with E-state index in [1.165, 1.54) is 16.9 Å². The Bertz CT molecular complexity index is 1070. The molecule has 1 amide bonds. The van der Waals surface area contributed by atoms with Gasteiger partial charge in [-0.05, 0) is 55.5 Å². The predicted molar refractivity (Wildman–Crippen MR) is 111 cm³/mol. The molecule has 2 aromatic carbocycles. The highest BCUT2D eigenvalue weighted by molar-refractivity contribution is 7.12. The van der Waals surface area contributed by atoms with E-state index in [2.05, 4.69) is 15.3 Å². The molecular weight excluding hydrogens is 370 g/mol. The summed E-state index contributed by atoms with van der Waals surface area (Å²) < 4.78 is 5.80. The highest BCUT2D eigenvalue weighted by atomic mass is 32.1. The Morgan fingerprint density at radius 3 is 2.39 bits per heavy atom. The largest absolute Gasteiger partial charge is 0.457 e. The van der Waals surface area contributed by atoms with Crippen molar-refractivity contribution >= 4 is 22.9 Å². The average Bonchev–Trinajstić information content (AvgIpc) is 3.22. The third-order valence-corrected chi connectivity index (χ3v) is 4.87. The number of anilines is 1. The Balaban J connectivity index is 1.41. The molecule has 4 rings (SSSR count). The van der Waals surface area contributed by atoms with E-state index in [4.69, 9.17) is 4.74 Å². The van der Waals surface area contributed by atoms with E-state index in [0.29, 0.717) is 16.4 Å². The van der Waals surface area contributed by atoms with Crippen LogP contribution in [0.4, 0.5) is 5.69 Å². The van der Waals surface area contributed by atoms with Gasteiger partial charge in [0.15, 0.2) is 5.01 Å². The van der Waals surface area contributed by atoms with Gasteiger partial charge in [0.2, 0.25) is 0 Å². The number of aryl methyl sites for hydroxylation is 1. The normalized spacial score (nSPS) is 10.5. The minimum Gasteiger partial charge on any atom is -0.457 e. The Morgan fingerprint density at radius 1 is 1.00 bits per heavy atom. The van der Waals surface area contributed by atoms with Crippen LogP contribution in [-0.2, 0) is 0 Å². The second-order valence-electron chi connectivity index (χ2n) is 6.17. The lowest BCUT2D eigenvalue weighted by atomic mass is 10.2. The van der Waals surface area contributed by atoms with Crippen LogP contribution in [0.15, 0.2) is 78.4 Å². The molecule has 0 spiro atoms. The Morgan fingerprint density at radius 2 is 1.71 bits per heavy atom. The molecule has 0 bridgehead atoms. The quantitative estimate of drug-likeness (QED) is 0.487. The maximum atomic E-state index is 12.5. The maximum Gasteiger partial charge on any atom is 0.284 e. The van der Waals surface area contributed by atoms with Crippen LogP contribution in [0.2, 0.25) is 0 Å². The molecule has 0 fully saturated rings. The molecule has 0 aliphatic heterocycles. The molecule has 28 heavy (non-hydrogen) atoms. The van der Waals surface area contributed by atoms with Crippen molar-refractivity contribution in [3.05, 3.63) is 89.0 Å². The third-order valence-electron chi connectivity index (χ3n) is 4.02. The van der Waals surface area contributed by atoms with Gasteiger partial charge in [-0.2, -0.15) is 0 Å². The molecule has 5 nitrogen and oxygen atoms in total. The first-order valence-corrected chi connectivity index (χ1v) is 9.57. The molecule has 0 aliphatic carbocycles. The van der Waals surface area contributed by atoms with Crippen LogP contribution < -0.4 is 10.1 Å². The topological polar surface area (TPSA) is 64.1 Å². The van der Waals surface area contributed by atoms with Crippen LogP contribution in [0.1, 0.15) is 15.4 Å². The summed E-state index contributed by atoms with van der Waals surface area (Å²) in [6, 6.07) is 18.8. The molecule has 1 N–H and O–H groups in total. The highest BCUT2D eigenvalue weighted by Crippen LogP contribution is 2.25. The van der Waals surface area contributed by atoms with E-state index < -0.39 is 0 Å². The molecule has 0 saturated carbocycles. The lowest BCUT2D eigenvalue weighted by molar-refractivity contribution is 0.102. The molecule has 0 saturated heterocycles. The summed E-state index contributed by atoms with van der Waals surface area (Å²) in [5, 5.41) is 5.11. The molecule has 2 heterocycles. The monoisotopic (exact) mass is 387 g/mol. The van der Waals surface area contributed by atoms with Crippen LogP contribution in [0.25, 0.3) is 11.3 Å². The van der Waals surface area contributed by atoms with E-state index in [-0.39, 0.29) is 5.91 Å². The van der Waals surface area contributed by atoms with Gasteiger partial charge in [0.1, 0.15) is 11.5 Å². The SMILES string of the molecule is Cc1ccc(Oc2ccc(NC(=O)c3nc(-c4cccnc4)cs3)cc2)cc1. The lowest BCUT2D eigenvalue weighted by Gasteiger charge is -2.07. The van der Waals surface area contributed by atoms with Crippen molar-refractivity contribution in [2.45, 2.75) is 6.92 Å². The number of pyridine rings is 1. The van der Waals surface area contributed by atoms with E-state index >= 15 is 0 Å². The fourth-order valence-electron chi connectivity index (χ4n) is 2.56. The van der Waals surface area contributed by atoms with Crippen molar-refractivity contribution in [2.24, 2.45) is 0 Å². The summed E-state index contributed by atoms with van der Waals surface area (Å²) in [7, 11) is 0. The number of aromatic nitrogens is 2. The predicted octanol–water partition coefficient (Wildman–Crippen LogP) is 5.56. The number of nitrogens with zero attached hydrogens (tertiary/aromatic N) is 2. The number of hydrogen-bond donors (Lipinski definition) is 1. The van der Waals surface area contributed by atoms with Gasteiger partial charge in [0.25, 0.3) is 5.91 Å². The summed E-state index contributed by atoms with van der Waals surface area (Å²) >= 11 is 1.30. The van der Waals surface area contributed by atoms with Gasteiger partial charge in [0.05, 0.1) is 5.69 Å². The minimum atomic E-state index is -0.243. The average molecular weight is 387 g/mol. The zero-order valence-electron chi connectivity index (χ0n) is 15.1. The van der Waals surface area contributed by atoms with Crippen LogP contribution >= 0.6 is 11.3 Å². The van der Waals surface area contributed by atoms with Gasteiger partial charge in [0, 0.05) is 29.0 Å². The van der Waals surface area contributed by atoms with Crippen LogP contribution in [0.3, 0.4) is 0 Å². The van der Waals surface area contributed by atoms with E-state index in [9.17, 15) is 4.79 Å². The number of ether oxygens (including phenoxy) is 1. The molecule has 0 aliphatic rings. The number of thiazole rings is 1. The Kier molecular flexibility index (Phi) is 5.12. The van der Waals surface area contributed by atoms with Crippen LogP contribution in [0.5, 0.6) is 11.5 Å². The molecule has 0 atom stereocenters. The van der Waals surface area contributed by atoms with E-state index in [1.807, 2.05) is 60.8 Å². The zero-order valence-corrected chi connectivity index (χ0v) is 15.9. The van der Waals surface area contributed by atoms with Crippen molar-refractivity contribution in [3.63, 3.8) is 0 Å². The van der Waals surface area contributed by atoms with Gasteiger partial charge in [-0.1, -0.05) is 17.7 Å². The Labute approximate surface area is 166 Å². The molecule has 138 valence electrons. The van der Waals surface area contributed by atoms with Crippen molar-refractivity contribution in [1.82, 2.24) is 9.97 Å². The fourth-order valence-corrected chi connectivity index (χ4v) is 3.28. The molecule has 0 unspecified atom stereocenters. The molecule has 4 aromatic rings. The summed E-state index contributed by atoms with van der Waals surface area (Å²) in [6.45, 7) is 2.03. The fraction of sp³-hybridized carbons (Fsp3) is 0.0455. The molecule has 6 heteroatoms. The Hall–Kier alpha value is -3.51. The van der Waals surface area contributed by atoms with Gasteiger partial charge < -0.3 is 10.1 Å². The number of carbonyl (C=O) groups is 1. The van der Waals surface area contributed by atoms with Crippen molar-refractivity contribution in [1.29, 1.82) is 0 Å². The van der Waals surface area contributed by atoms with Gasteiger partial charge in [-0.15, -0.1) is 11.3 Å². The van der Waals surface area contributed by atoms with Crippen molar-refractivity contribution in [2.75, 3.05) is 5.32 Å².